The van der Waals surface area contributed by atoms with Gasteiger partial charge in [0.05, 0.1) is 6.61 Å². The minimum absolute atomic E-state index is 0. The van der Waals surface area contributed by atoms with Crippen molar-refractivity contribution in [2.75, 3.05) is 39.8 Å². The van der Waals surface area contributed by atoms with E-state index >= 15 is 0 Å². The van der Waals surface area contributed by atoms with Gasteiger partial charge in [-0.3, -0.25) is 9.79 Å². The normalized spacial score (nSPS) is 15.4. The van der Waals surface area contributed by atoms with Crippen molar-refractivity contribution in [2.45, 2.75) is 46.1 Å². The molecule has 1 heterocycles. The maximum absolute atomic E-state index is 11.2. The van der Waals surface area contributed by atoms with Crippen LogP contribution in [0.25, 0.3) is 0 Å². The van der Waals surface area contributed by atoms with E-state index in [2.05, 4.69) is 45.6 Å². The molecule has 0 unspecified atom stereocenters. The second-order valence-electron chi connectivity index (χ2n) is 7.62. The number of hydrogen-bond donors (Lipinski definition) is 3. The van der Waals surface area contributed by atoms with Gasteiger partial charge in [0.15, 0.2) is 5.96 Å². The lowest BCUT2D eigenvalue weighted by atomic mass is 9.96. The van der Waals surface area contributed by atoms with Crippen molar-refractivity contribution in [1.82, 2.24) is 15.5 Å². The van der Waals surface area contributed by atoms with E-state index in [1.807, 2.05) is 6.92 Å². The Bertz CT molecular complexity index is 675. The molecule has 0 spiro atoms. The summed E-state index contributed by atoms with van der Waals surface area (Å²) < 4.78 is 5.74. The van der Waals surface area contributed by atoms with E-state index in [1.54, 1.807) is 7.05 Å². The van der Waals surface area contributed by atoms with Crippen LogP contribution in [-0.2, 0) is 11.3 Å². The zero-order valence-electron chi connectivity index (χ0n) is 18.6. The molecule has 2 rings (SSSR count). The molecule has 1 aromatic carbocycles. The second kappa shape index (κ2) is 14.5. The Kier molecular flexibility index (Phi) is 12.8. The number of primary amides is 1. The minimum Gasteiger partial charge on any atom is -0.494 e. The molecule has 1 fully saturated rings. The molecule has 1 saturated heterocycles. The number of aryl methyl sites for hydroxylation is 1. The summed E-state index contributed by atoms with van der Waals surface area (Å²) in [6, 6.07) is 6.27. The van der Waals surface area contributed by atoms with Gasteiger partial charge in [0.2, 0.25) is 5.91 Å². The van der Waals surface area contributed by atoms with Crippen LogP contribution in [0.4, 0.5) is 0 Å². The molecule has 4 N–H and O–H groups in total. The Balaban J connectivity index is 0.00000450. The highest BCUT2D eigenvalue weighted by atomic mass is 127. The lowest BCUT2D eigenvalue weighted by molar-refractivity contribution is -0.123. The first-order chi connectivity index (χ1) is 14.0. The van der Waals surface area contributed by atoms with Gasteiger partial charge in [-0.05, 0) is 70.8 Å². The number of rotatable bonds is 10. The van der Waals surface area contributed by atoms with Gasteiger partial charge in [-0.2, -0.15) is 0 Å². The summed E-state index contributed by atoms with van der Waals surface area (Å²) in [5.74, 6) is 1.65. The topological polar surface area (TPSA) is 92.0 Å². The van der Waals surface area contributed by atoms with E-state index in [0.29, 0.717) is 13.2 Å². The Labute approximate surface area is 198 Å². The highest BCUT2D eigenvalue weighted by molar-refractivity contribution is 14.0. The summed E-state index contributed by atoms with van der Waals surface area (Å²) in [5.41, 5.74) is 7.71. The van der Waals surface area contributed by atoms with Gasteiger partial charge >= 0.3 is 0 Å². The molecule has 30 heavy (non-hydrogen) atoms. The Morgan fingerprint density at radius 3 is 2.63 bits per heavy atom. The molecule has 7 nitrogen and oxygen atoms in total. The number of carbonyl (C=O) groups is 1. The Morgan fingerprint density at radius 1 is 1.27 bits per heavy atom. The predicted molar refractivity (Wildman–Crippen MR) is 134 cm³/mol. The number of guanidine groups is 1. The molecular weight excluding hydrogens is 493 g/mol. The molecule has 0 radical (unpaired) electrons. The van der Waals surface area contributed by atoms with Gasteiger partial charge in [0.1, 0.15) is 5.75 Å². The van der Waals surface area contributed by atoms with Gasteiger partial charge in [-0.15, -0.1) is 24.0 Å². The number of aliphatic imine (C=N–C) groups is 1. The van der Waals surface area contributed by atoms with Crippen molar-refractivity contribution in [1.29, 1.82) is 0 Å². The zero-order chi connectivity index (χ0) is 21.1. The maximum Gasteiger partial charge on any atom is 0.220 e. The smallest absolute Gasteiger partial charge is 0.220 e. The molecule has 170 valence electrons. The molecule has 1 aliphatic rings. The summed E-state index contributed by atoms with van der Waals surface area (Å²) in [5, 5.41) is 6.75. The lowest BCUT2D eigenvalue weighted by Gasteiger charge is -2.30. The first-order valence-electron chi connectivity index (χ1n) is 10.7. The number of ether oxygens (including phenoxy) is 1. The van der Waals surface area contributed by atoms with E-state index in [0.717, 1.165) is 69.1 Å². The van der Waals surface area contributed by atoms with Gasteiger partial charge in [0, 0.05) is 31.6 Å². The van der Waals surface area contributed by atoms with Gasteiger partial charge in [0.25, 0.3) is 0 Å². The van der Waals surface area contributed by atoms with Crippen LogP contribution in [-0.4, -0.2) is 56.6 Å². The molecule has 1 aliphatic heterocycles. The third-order valence-corrected chi connectivity index (χ3v) is 5.38. The van der Waals surface area contributed by atoms with E-state index in [9.17, 15) is 4.79 Å². The molecule has 1 aromatic rings. The monoisotopic (exact) mass is 531 g/mol. The molecule has 0 atom stereocenters. The average Bonchev–Trinajstić information content (AvgIpc) is 2.71. The first kappa shape index (κ1) is 26.5. The third-order valence-electron chi connectivity index (χ3n) is 5.38. The van der Waals surface area contributed by atoms with Crippen LogP contribution in [0.3, 0.4) is 0 Å². The number of halogens is 1. The standard InChI is InChI=1S/C22H37N5O2.HI/c1-4-29-20-15-17(2)7-8-19(20)16-26-22(24-3)25-11-5-6-12-27-13-9-18(10-14-27)21(23)28;/h7-8,15,18H,4-6,9-14,16H2,1-3H3,(H2,23,28)(H2,24,25,26);1H. The molecule has 0 aliphatic carbocycles. The molecule has 1 amide bonds. The van der Waals surface area contributed by atoms with E-state index < -0.39 is 0 Å². The van der Waals surface area contributed by atoms with Crippen LogP contribution in [0.15, 0.2) is 23.2 Å². The largest absolute Gasteiger partial charge is 0.494 e. The van der Waals surface area contributed by atoms with Crippen LogP contribution >= 0.6 is 24.0 Å². The highest BCUT2D eigenvalue weighted by Gasteiger charge is 2.22. The van der Waals surface area contributed by atoms with Crippen LogP contribution in [0.2, 0.25) is 0 Å². The van der Waals surface area contributed by atoms with Crippen LogP contribution in [0.1, 0.15) is 43.7 Å². The Hall–Kier alpha value is -1.55. The van der Waals surface area contributed by atoms with Crippen molar-refractivity contribution in [3.8, 4) is 5.75 Å². The number of nitrogens with two attached hydrogens (primary N) is 1. The van der Waals surface area contributed by atoms with Gasteiger partial charge in [-0.1, -0.05) is 12.1 Å². The van der Waals surface area contributed by atoms with Crippen LogP contribution < -0.4 is 21.1 Å². The maximum atomic E-state index is 11.2. The number of piperidine rings is 1. The summed E-state index contributed by atoms with van der Waals surface area (Å²) in [6.07, 6.45) is 3.99. The summed E-state index contributed by atoms with van der Waals surface area (Å²) in [7, 11) is 1.79. The van der Waals surface area contributed by atoms with Gasteiger partial charge in [-0.25, -0.2) is 0 Å². The molecular formula is C22H38IN5O2. The number of amides is 1. The number of unbranched alkanes of at least 4 members (excludes halogenated alkanes) is 1. The number of nitrogens with zero attached hydrogens (tertiary/aromatic N) is 2. The number of likely N-dealkylation sites (tertiary alicyclic amines) is 1. The van der Waals surface area contributed by atoms with E-state index in [1.165, 1.54) is 5.56 Å². The van der Waals surface area contributed by atoms with Gasteiger partial charge < -0.3 is 26.0 Å². The average molecular weight is 531 g/mol. The fourth-order valence-electron chi connectivity index (χ4n) is 3.61. The van der Waals surface area contributed by atoms with Crippen molar-refractivity contribution in [2.24, 2.45) is 16.6 Å². The Morgan fingerprint density at radius 2 is 2.00 bits per heavy atom. The number of nitrogens with one attached hydrogen (secondary N) is 2. The highest BCUT2D eigenvalue weighted by Crippen LogP contribution is 2.20. The zero-order valence-corrected chi connectivity index (χ0v) is 20.9. The van der Waals surface area contributed by atoms with Crippen LogP contribution in [0.5, 0.6) is 5.75 Å². The minimum atomic E-state index is -0.147. The second-order valence-corrected chi connectivity index (χ2v) is 7.62. The quantitative estimate of drug-likeness (QED) is 0.187. The van der Waals surface area contributed by atoms with Crippen molar-refractivity contribution < 1.29 is 9.53 Å². The van der Waals surface area contributed by atoms with E-state index in [-0.39, 0.29) is 35.8 Å². The molecule has 0 bridgehead atoms. The first-order valence-corrected chi connectivity index (χ1v) is 10.7. The van der Waals surface area contributed by atoms with Crippen LogP contribution in [0, 0.1) is 12.8 Å². The summed E-state index contributed by atoms with van der Waals surface area (Å²) in [6.45, 7) is 9.30. The molecule has 0 saturated carbocycles. The van der Waals surface area contributed by atoms with Crippen molar-refractivity contribution in [3.63, 3.8) is 0 Å². The predicted octanol–water partition coefficient (Wildman–Crippen LogP) is 2.65. The number of carbonyl (C=O) groups excluding carboxylic acids is 1. The fourth-order valence-corrected chi connectivity index (χ4v) is 3.61. The molecule has 8 heteroatoms. The third kappa shape index (κ3) is 9.07. The SMILES string of the molecule is CCOc1cc(C)ccc1CNC(=NC)NCCCCN1CCC(C(N)=O)CC1.I. The summed E-state index contributed by atoms with van der Waals surface area (Å²) >= 11 is 0. The molecule has 0 aromatic heterocycles. The number of benzene rings is 1. The summed E-state index contributed by atoms with van der Waals surface area (Å²) in [4.78, 5) is 18.0. The number of hydrogen-bond acceptors (Lipinski definition) is 4. The van der Waals surface area contributed by atoms with E-state index in [4.69, 9.17) is 10.5 Å². The van der Waals surface area contributed by atoms with Crippen molar-refractivity contribution >= 4 is 35.8 Å². The fraction of sp³-hybridized carbons (Fsp3) is 0.636. The lowest BCUT2D eigenvalue weighted by Crippen LogP contribution is -2.39. The van der Waals surface area contributed by atoms with Crippen molar-refractivity contribution in [3.05, 3.63) is 29.3 Å².